The summed E-state index contributed by atoms with van der Waals surface area (Å²) in [6, 6.07) is 9.35. The van der Waals surface area contributed by atoms with Gasteiger partial charge in [0.05, 0.1) is 17.2 Å². The van der Waals surface area contributed by atoms with E-state index in [4.69, 9.17) is 4.42 Å². The zero-order valence-corrected chi connectivity index (χ0v) is 14.6. The predicted octanol–water partition coefficient (Wildman–Crippen LogP) is 1.82. The number of benzene rings is 1. The van der Waals surface area contributed by atoms with Crippen LogP contribution in [0.3, 0.4) is 0 Å². The molecule has 0 radical (unpaired) electrons. The second kappa shape index (κ2) is 7.61. The van der Waals surface area contributed by atoms with Crippen molar-refractivity contribution >= 4 is 21.6 Å². The minimum Gasteiger partial charge on any atom is -0.468 e. The fourth-order valence-corrected chi connectivity index (χ4v) is 3.25. The summed E-state index contributed by atoms with van der Waals surface area (Å²) in [7, 11) is 0.0456. The summed E-state index contributed by atoms with van der Waals surface area (Å²) in [6.45, 7) is 1.57. The summed E-state index contributed by atoms with van der Waals surface area (Å²) in [5, 5.41) is 2.59. The highest BCUT2D eigenvalue weighted by atomic mass is 32.2. The molecule has 0 bridgehead atoms. The van der Waals surface area contributed by atoms with Crippen LogP contribution in [-0.2, 0) is 14.8 Å². The molecule has 0 saturated heterocycles. The number of anilines is 1. The predicted molar refractivity (Wildman–Crippen MR) is 91.1 cm³/mol. The Bertz CT molecular complexity index is 768. The van der Waals surface area contributed by atoms with Gasteiger partial charge in [0.25, 0.3) is 0 Å². The van der Waals surface area contributed by atoms with Gasteiger partial charge in [-0.15, -0.1) is 0 Å². The second-order valence-corrected chi connectivity index (χ2v) is 7.32. The van der Waals surface area contributed by atoms with Gasteiger partial charge in [-0.2, -0.15) is 0 Å². The molecular weight excluding hydrogens is 330 g/mol. The van der Waals surface area contributed by atoms with Gasteiger partial charge in [-0.1, -0.05) is 0 Å². The van der Waals surface area contributed by atoms with Gasteiger partial charge in [0.2, 0.25) is 15.9 Å². The fourth-order valence-electron chi connectivity index (χ4n) is 2.21. The summed E-state index contributed by atoms with van der Waals surface area (Å²) in [4.78, 5) is 13.0. The van der Waals surface area contributed by atoms with E-state index in [-0.39, 0.29) is 23.4 Å². The summed E-state index contributed by atoms with van der Waals surface area (Å²) in [6.07, 6.45) is 1.56. The van der Waals surface area contributed by atoms with Crippen molar-refractivity contribution in [3.8, 4) is 0 Å². The number of carbonyl (C=O) groups is 1. The number of amides is 1. The minimum atomic E-state index is -3.66. The Morgan fingerprint density at radius 3 is 2.38 bits per heavy atom. The van der Waals surface area contributed by atoms with E-state index in [2.05, 4.69) is 10.0 Å². The molecule has 0 fully saturated rings. The standard InChI is InChI=1S/C16H21N3O4S/c1-12(20)18-13-6-8-14(9-7-13)24(21,22)17-11-15(19(2)3)16-5-4-10-23-16/h4-10,15,17H,11H2,1-3H3,(H,18,20)/t15-/m1/s1. The molecule has 2 rings (SSSR count). The van der Waals surface area contributed by atoms with Crippen LogP contribution in [0.25, 0.3) is 0 Å². The van der Waals surface area contributed by atoms with Crippen LogP contribution >= 0.6 is 0 Å². The Labute approximate surface area is 141 Å². The van der Waals surface area contributed by atoms with Gasteiger partial charge in [0.1, 0.15) is 5.76 Å². The van der Waals surface area contributed by atoms with E-state index in [0.29, 0.717) is 11.4 Å². The number of hydrogen-bond acceptors (Lipinski definition) is 5. The minimum absolute atomic E-state index is 0.133. The first-order valence-corrected chi connectivity index (χ1v) is 8.85. The lowest BCUT2D eigenvalue weighted by Gasteiger charge is -2.22. The highest BCUT2D eigenvalue weighted by Crippen LogP contribution is 2.19. The smallest absolute Gasteiger partial charge is 0.240 e. The molecule has 2 aromatic rings. The molecule has 0 aliphatic rings. The van der Waals surface area contributed by atoms with Crippen molar-refractivity contribution in [3.63, 3.8) is 0 Å². The lowest BCUT2D eigenvalue weighted by Crippen LogP contribution is -2.34. The van der Waals surface area contributed by atoms with E-state index >= 15 is 0 Å². The molecule has 0 unspecified atom stereocenters. The van der Waals surface area contributed by atoms with Crippen LogP contribution in [0.1, 0.15) is 18.7 Å². The molecule has 2 N–H and O–H groups in total. The van der Waals surface area contributed by atoms with E-state index in [0.717, 1.165) is 0 Å². The van der Waals surface area contributed by atoms with Gasteiger partial charge in [-0.3, -0.25) is 9.69 Å². The number of rotatable bonds is 7. The van der Waals surface area contributed by atoms with E-state index in [1.54, 1.807) is 30.5 Å². The third kappa shape index (κ3) is 4.67. The molecule has 1 aromatic heterocycles. The molecule has 24 heavy (non-hydrogen) atoms. The molecule has 1 heterocycles. The quantitative estimate of drug-likeness (QED) is 0.794. The van der Waals surface area contributed by atoms with Crippen molar-refractivity contribution in [1.82, 2.24) is 9.62 Å². The Morgan fingerprint density at radius 1 is 1.21 bits per heavy atom. The Hall–Kier alpha value is -2.16. The van der Waals surface area contributed by atoms with Crippen LogP contribution in [0, 0.1) is 0 Å². The Balaban J connectivity index is 2.08. The SMILES string of the molecule is CC(=O)Nc1ccc(S(=O)(=O)NC[C@H](c2ccco2)N(C)C)cc1. The molecule has 0 saturated carbocycles. The molecule has 130 valence electrons. The maximum atomic E-state index is 12.4. The van der Waals surface area contributed by atoms with Gasteiger partial charge in [0.15, 0.2) is 0 Å². The van der Waals surface area contributed by atoms with Crippen molar-refractivity contribution in [3.05, 3.63) is 48.4 Å². The summed E-state index contributed by atoms with van der Waals surface area (Å²) >= 11 is 0. The number of nitrogens with zero attached hydrogens (tertiary/aromatic N) is 1. The fraction of sp³-hybridized carbons (Fsp3) is 0.312. The molecule has 0 aliphatic carbocycles. The van der Waals surface area contributed by atoms with Gasteiger partial charge >= 0.3 is 0 Å². The van der Waals surface area contributed by atoms with Gasteiger partial charge in [-0.25, -0.2) is 13.1 Å². The highest BCUT2D eigenvalue weighted by molar-refractivity contribution is 7.89. The second-order valence-electron chi connectivity index (χ2n) is 5.55. The van der Waals surface area contributed by atoms with Crippen LogP contribution in [0.5, 0.6) is 0 Å². The van der Waals surface area contributed by atoms with Crippen LogP contribution in [-0.4, -0.2) is 39.9 Å². The zero-order valence-electron chi connectivity index (χ0n) is 13.8. The first kappa shape index (κ1) is 18.2. The molecule has 7 nitrogen and oxygen atoms in total. The van der Waals surface area contributed by atoms with E-state index in [1.165, 1.54) is 19.1 Å². The van der Waals surface area contributed by atoms with Crippen LogP contribution < -0.4 is 10.0 Å². The molecule has 8 heteroatoms. The van der Waals surface area contributed by atoms with Gasteiger partial charge < -0.3 is 9.73 Å². The molecule has 1 atom stereocenters. The molecule has 0 spiro atoms. The first-order chi connectivity index (χ1) is 11.3. The number of hydrogen-bond donors (Lipinski definition) is 2. The van der Waals surface area contributed by atoms with E-state index < -0.39 is 10.0 Å². The van der Waals surface area contributed by atoms with E-state index in [9.17, 15) is 13.2 Å². The Kier molecular flexibility index (Phi) is 5.76. The van der Waals surface area contributed by atoms with Gasteiger partial charge in [-0.05, 0) is 50.5 Å². The molecule has 1 aromatic carbocycles. The largest absolute Gasteiger partial charge is 0.468 e. The van der Waals surface area contributed by atoms with Crippen molar-refractivity contribution in [1.29, 1.82) is 0 Å². The molecule has 1 amide bonds. The number of carbonyl (C=O) groups excluding carboxylic acids is 1. The van der Waals surface area contributed by atoms with Crippen molar-refractivity contribution in [2.45, 2.75) is 17.9 Å². The molecular formula is C16H21N3O4S. The van der Waals surface area contributed by atoms with Gasteiger partial charge in [0, 0.05) is 19.2 Å². The zero-order chi connectivity index (χ0) is 17.7. The third-order valence-electron chi connectivity index (χ3n) is 3.45. The maximum absolute atomic E-state index is 12.4. The Morgan fingerprint density at radius 2 is 1.88 bits per heavy atom. The summed E-state index contributed by atoms with van der Waals surface area (Å²) in [5.74, 6) is 0.472. The molecule has 0 aliphatic heterocycles. The number of nitrogens with one attached hydrogen (secondary N) is 2. The summed E-state index contributed by atoms with van der Waals surface area (Å²) in [5.41, 5.74) is 0.545. The normalized spacial score (nSPS) is 13.0. The summed E-state index contributed by atoms with van der Waals surface area (Å²) < 4.78 is 32.8. The monoisotopic (exact) mass is 351 g/mol. The lowest BCUT2D eigenvalue weighted by molar-refractivity contribution is -0.114. The average molecular weight is 351 g/mol. The first-order valence-electron chi connectivity index (χ1n) is 7.37. The average Bonchev–Trinajstić information content (AvgIpc) is 3.01. The van der Waals surface area contributed by atoms with Crippen LogP contribution in [0.15, 0.2) is 52.0 Å². The highest BCUT2D eigenvalue weighted by Gasteiger charge is 2.21. The van der Waals surface area contributed by atoms with Crippen LogP contribution in [0.2, 0.25) is 0 Å². The number of furan rings is 1. The van der Waals surface area contributed by atoms with Crippen molar-refractivity contribution < 1.29 is 17.6 Å². The number of sulfonamides is 1. The van der Waals surface area contributed by atoms with E-state index in [1.807, 2.05) is 19.0 Å². The maximum Gasteiger partial charge on any atom is 0.240 e. The lowest BCUT2D eigenvalue weighted by atomic mass is 10.2. The van der Waals surface area contributed by atoms with Crippen LogP contribution in [0.4, 0.5) is 5.69 Å². The topological polar surface area (TPSA) is 91.6 Å². The third-order valence-corrected chi connectivity index (χ3v) is 4.89. The number of likely N-dealkylation sites (N-methyl/N-ethyl adjacent to an activating group) is 1. The van der Waals surface area contributed by atoms with Crippen molar-refractivity contribution in [2.75, 3.05) is 26.0 Å². The van der Waals surface area contributed by atoms with Crippen molar-refractivity contribution in [2.24, 2.45) is 0 Å².